The fourth-order valence-electron chi connectivity index (χ4n) is 7.68. The second-order valence-electron chi connectivity index (χ2n) is 11.8. The van der Waals surface area contributed by atoms with E-state index in [1.807, 2.05) is 0 Å². The van der Waals surface area contributed by atoms with Crippen molar-refractivity contribution in [2.24, 2.45) is 0 Å². The van der Waals surface area contributed by atoms with Crippen LogP contribution in [0.2, 0.25) is 0 Å². The summed E-state index contributed by atoms with van der Waals surface area (Å²) in [4.78, 5) is 2.60. The molecule has 3 unspecified atom stereocenters. The zero-order valence-corrected chi connectivity index (χ0v) is 23.2. The number of benzene rings is 3. The Morgan fingerprint density at radius 3 is 2.52 bits per heavy atom. The Bertz CT molecular complexity index is 1820. The molecule has 0 radical (unpaired) electrons. The first-order valence-corrected chi connectivity index (χ1v) is 14.7. The van der Waals surface area contributed by atoms with Crippen LogP contribution in [-0.2, 0) is 0 Å². The van der Waals surface area contributed by atoms with E-state index in [-0.39, 0.29) is 5.54 Å². The van der Waals surface area contributed by atoms with Gasteiger partial charge in [0.15, 0.2) is 0 Å². The van der Waals surface area contributed by atoms with Gasteiger partial charge in [0.25, 0.3) is 0 Å². The number of fused-ring (bicyclic) bond motifs is 6. The van der Waals surface area contributed by atoms with E-state index in [4.69, 9.17) is 0 Å². The summed E-state index contributed by atoms with van der Waals surface area (Å²) in [7, 11) is 0. The molecular formula is C38H34N2. The average Bonchev–Trinajstić information content (AvgIpc) is 3.47. The standard InChI is InChI=1S/C38H34N2/c1-26-14-13-19-30-29-17-4-8-22-34(29)39(37(26)30)33-21-7-3-15-27(33)28-16-5-9-23-35(28)40-36-24-10-6-18-31(36)32-20-11-12-25-38(32,40)2/h4-6,8-13,15-26,32H,3,7,14H2,1-2H3. The van der Waals surface area contributed by atoms with Crippen LogP contribution in [0.4, 0.5) is 11.4 Å². The van der Waals surface area contributed by atoms with Crippen molar-refractivity contribution >= 4 is 39.6 Å². The predicted octanol–water partition coefficient (Wildman–Crippen LogP) is 10.00. The minimum Gasteiger partial charge on any atom is -0.330 e. The molecule has 0 spiro atoms. The molecule has 0 N–H and O–H groups in total. The van der Waals surface area contributed by atoms with Gasteiger partial charge in [0.1, 0.15) is 0 Å². The van der Waals surface area contributed by atoms with E-state index >= 15 is 0 Å². The van der Waals surface area contributed by atoms with Crippen molar-refractivity contribution in [1.29, 1.82) is 0 Å². The van der Waals surface area contributed by atoms with Gasteiger partial charge in [-0.25, -0.2) is 0 Å². The largest absolute Gasteiger partial charge is 0.330 e. The topological polar surface area (TPSA) is 8.17 Å². The molecule has 0 bridgehead atoms. The molecule has 0 saturated heterocycles. The van der Waals surface area contributed by atoms with Crippen LogP contribution in [-0.4, -0.2) is 10.1 Å². The molecule has 0 saturated carbocycles. The molecule has 3 atom stereocenters. The van der Waals surface area contributed by atoms with Crippen LogP contribution in [0, 0.1) is 0 Å². The van der Waals surface area contributed by atoms with E-state index in [9.17, 15) is 0 Å². The molecule has 0 fully saturated rings. The van der Waals surface area contributed by atoms with Crippen molar-refractivity contribution < 1.29 is 0 Å². The van der Waals surface area contributed by atoms with Crippen LogP contribution in [0.25, 0.3) is 28.2 Å². The molecule has 1 aromatic heterocycles. The Morgan fingerprint density at radius 2 is 1.60 bits per heavy atom. The number of rotatable bonds is 3. The van der Waals surface area contributed by atoms with Gasteiger partial charge in [-0.3, -0.25) is 0 Å². The lowest BCUT2D eigenvalue weighted by Gasteiger charge is -2.40. The van der Waals surface area contributed by atoms with E-state index in [0.717, 1.165) is 19.3 Å². The van der Waals surface area contributed by atoms with E-state index < -0.39 is 0 Å². The fourth-order valence-corrected chi connectivity index (χ4v) is 7.68. The van der Waals surface area contributed by atoms with Gasteiger partial charge in [0, 0.05) is 56.7 Å². The minimum atomic E-state index is -0.160. The summed E-state index contributed by atoms with van der Waals surface area (Å²) in [6.07, 6.45) is 22.1. The van der Waals surface area contributed by atoms with Gasteiger partial charge in [-0.1, -0.05) is 110 Å². The van der Waals surface area contributed by atoms with Gasteiger partial charge in [0.2, 0.25) is 0 Å². The smallest absolute Gasteiger partial charge is 0.0712 e. The lowest BCUT2D eigenvalue weighted by atomic mass is 9.80. The minimum absolute atomic E-state index is 0.160. The molecular weight excluding hydrogens is 484 g/mol. The summed E-state index contributed by atoms with van der Waals surface area (Å²) < 4.78 is 2.59. The maximum atomic E-state index is 2.60. The van der Waals surface area contributed by atoms with Crippen LogP contribution >= 0.6 is 0 Å². The molecule has 0 amide bonds. The van der Waals surface area contributed by atoms with Crippen molar-refractivity contribution in [2.75, 3.05) is 4.90 Å². The Morgan fingerprint density at radius 1 is 0.825 bits per heavy atom. The van der Waals surface area contributed by atoms with Gasteiger partial charge >= 0.3 is 0 Å². The zero-order chi connectivity index (χ0) is 26.8. The number of anilines is 2. The third-order valence-corrected chi connectivity index (χ3v) is 9.47. The highest BCUT2D eigenvalue weighted by molar-refractivity contribution is 6.07. The molecule has 2 nitrogen and oxygen atoms in total. The fraction of sp³-hybridized carbons (Fsp3) is 0.211. The monoisotopic (exact) mass is 518 g/mol. The molecule has 1 aliphatic heterocycles. The van der Waals surface area contributed by atoms with Gasteiger partial charge in [-0.15, -0.1) is 0 Å². The maximum absolute atomic E-state index is 2.60. The van der Waals surface area contributed by atoms with Crippen molar-refractivity contribution in [3.63, 3.8) is 0 Å². The third kappa shape index (κ3) is 3.23. The number of nitrogens with zero attached hydrogens (tertiary/aromatic N) is 2. The summed E-state index contributed by atoms with van der Waals surface area (Å²) in [5.74, 6) is 0.793. The summed E-state index contributed by atoms with van der Waals surface area (Å²) in [6, 6.07) is 27.0. The highest BCUT2D eigenvalue weighted by atomic mass is 15.2. The molecule has 2 heterocycles. The number of aromatic nitrogens is 1. The molecule has 196 valence electrons. The summed E-state index contributed by atoms with van der Waals surface area (Å²) in [6.45, 7) is 4.77. The Labute approximate surface area is 237 Å². The number of allylic oxidation sites excluding steroid dienone is 7. The highest BCUT2D eigenvalue weighted by Gasteiger charge is 2.47. The lowest BCUT2D eigenvalue weighted by Crippen LogP contribution is -2.42. The maximum Gasteiger partial charge on any atom is 0.0712 e. The highest BCUT2D eigenvalue weighted by Crippen LogP contribution is 2.55. The number of hydrogen-bond acceptors (Lipinski definition) is 1. The molecule has 8 rings (SSSR count). The Hall–Kier alpha value is -4.30. The molecule has 4 aromatic rings. The molecule has 3 aliphatic carbocycles. The molecule has 40 heavy (non-hydrogen) atoms. The second kappa shape index (κ2) is 8.86. The van der Waals surface area contributed by atoms with Crippen LogP contribution in [0.1, 0.15) is 67.3 Å². The van der Waals surface area contributed by atoms with Crippen LogP contribution in [0.15, 0.2) is 115 Å². The van der Waals surface area contributed by atoms with Gasteiger partial charge in [-0.2, -0.15) is 0 Å². The summed E-state index contributed by atoms with van der Waals surface area (Å²) in [5, 5.41) is 1.35. The molecule has 2 heteroatoms. The van der Waals surface area contributed by atoms with Crippen molar-refractivity contribution in [3.8, 4) is 0 Å². The molecule has 4 aliphatic rings. The molecule has 3 aromatic carbocycles. The first-order valence-electron chi connectivity index (χ1n) is 14.7. The van der Waals surface area contributed by atoms with Crippen LogP contribution in [0.5, 0.6) is 0 Å². The quantitative estimate of drug-likeness (QED) is 0.262. The average molecular weight is 519 g/mol. The van der Waals surface area contributed by atoms with Gasteiger partial charge < -0.3 is 9.47 Å². The number of para-hydroxylation sites is 3. The summed E-state index contributed by atoms with van der Waals surface area (Å²) >= 11 is 0. The van der Waals surface area contributed by atoms with Crippen LogP contribution < -0.4 is 4.90 Å². The van der Waals surface area contributed by atoms with Crippen molar-refractivity contribution in [3.05, 3.63) is 138 Å². The van der Waals surface area contributed by atoms with Gasteiger partial charge in [-0.05, 0) is 49.9 Å². The number of hydrogen-bond donors (Lipinski definition) is 0. The Kier molecular flexibility index (Phi) is 5.22. The normalized spacial score (nSPS) is 24.5. The van der Waals surface area contributed by atoms with E-state index in [2.05, 4.69) is 145 Å². The van der Waals surface area contributed by atoms with Crippen molar-refractivity contribution in [2.45, 2.75) is 50.5 Å². The predicted molar refractivity (Wildman–Crippen MR) is 170 cm³/mol. The summed E-state index contributed by atoms with van der Waals surface area (Å²) in [5.41, 5.74) is 11.9. The van der Waals surface area contributed by atoms with Crippen molar-refractivity contribution in [1.82, 2.24) is 4.57 Å². The Balaban J connectivity index is 1.34. The van der Waals surface area contributed by atoms with E-state index in [1.165, 1.54) is 55.9 Å². The first-order chi connectivity index (χ1) is 19.7. The SMILES string of the molecule is CC1CC=Cc2c1n(C1=CCCC=C1c1ccccc1N1c3ccccc3C3C=CC=CC31C)c1ccccc21. The lowest BCUT2D eigenvalue weighted by molar-refractivity contribution is 0.542. The second-order valence-corrected chi connectivity index (χ2v) is 11.8. The first kappa shape index (κ1) is 23.6. The van der Waals surface area contributed by atoms with Crippen LogP contribution in [0.3, 0.4) is 0 Å². The van der Waals surface area contributed by atoms with Gasteiger partial charge in [0.05, 0.1) is 11.1 Å². The third-order valence-electron chi connectivity index (χ3n) is 9.47. The van der Waals surface area contributed by atoms with E-state index in [0.29, 0.717) is 11.8 Å². The van der Waals surface area contributed by atoms with E-state index in [1.54, 1.807) is 0 Å². The zero-order valence-electron chi connectivity index (χ0n) is 23.2.